The number of hydrogen-bond donors (Lipinski definition) is 1. The first-order valence-corrected chi connectivity index (χ1v) is 7.20. The lowest BCUT2D eigenvalue weighted by Crippen LogP contribution is -2.31. The Bertz CT molecular complexity index is 491. The highest BCUT2D eigenvalue weighted by molar-refractivity contribution is 9.10. The third-order valence-electron chi connectivity index (χ3n) is 2.03. The number of sulfonamides is 1. The summed E-state index contributed by atoms with van der Waals surface area (Å²) in [6.07, 6.45) is 0. The highest BCUT2D eigenvalue weighted by atomic mass is 79.9. The lowest BCUT2D eigenvalue weighted by molar-refractivity contribution is 0.412. The molecule has 0 saturated carbocycles. The van der Waals surface area contributed by atoms with Crippen LogP contribution in [-0.2, 0) is 10.0 Å². The Labute approximate surface area is 109 Å². The molecule has 0 unspecified atom stereocenters. The summed E-state index contributed by atoms with van der Waals surface area (Å²) in [6.45, 7) is 0.788. The van der Waals surface area contributed by atoms with Crippen molar-refractivity contribution in [2.24, 2.45) is 0 Å². The van der Waals surface area contributed by atoms with Gasteiger partial charge in [-0.1, -0.05) is 15.9 Å². The summed E-state index contributed by atoms with van der Waals surface area (Å²) in [5.74, 6) is -0.759. The Hall–Kier alpha value is -0.500. The molecule has 96 valence electrons. The van der Waals surface area contributed by atoms with Crippen molar-refractivity contribution in [2.45, 2.75) is 4.90 Å². The number of nitrogens with zero attached hydrogens (tertiary/aromatic N) is 1. The fourth-order valence-corrected chi connectivity index (χ4v) is 2.80. The van der Waals surface area contributed by atoms with Crippen LogP contribution in [0.2, 0.25) is 0 Å². The van der Waals surface area contributed by atoms with Gasteiger partial charge in [-0.2, -0.15) is 0 Å². The number of nitrogens with one attached hydrogen (secondary N) is 1. The van der Waals surface area contributed by atoms with Crippen molar-refractivity contribution < 1.29 is 12.8 Å². The summed E-state index contributed by atoms with van der Waals surface area (Å²) < 4.78 is 39.9. The van der Waals surface area contributed by atoms with Crippen LogP contribution in [0.5, 0.6) is 0 Å². The molecular formula is C10H14BrFN2O2S. The van der Waals surface area contributed by atoms with Crippen LogP contribution in [-0.4, -0.2) is 40.5 Å². The maximum atomic E-state index is 13.4. The molecule has 0 aliphatic rings. The summed E-state index contributed by atoms with van der Waals surface area (Å²) in [5, 5.41) is 0. The minimum atomic E-state index is -3.79. The summed E-state index contributed by atoms with van der Waals surface area (Å²) in [7, 11) is -0.136. The molecule has 0 bridgehead atoms. The van der Waals surface area contributed by atoms with E-state index in [1.165, 1.54) is 12.1 Å². The smallest absolute Gasteiger partial charge is 0.243 e. The molecule has 0 aliphatic carbocycles. The molecule has 7 heteroatoms. The zero-order valence-corrected chi connectivity index (χ0v) is 12.0. The van der Waals surface area contributed by atoms with Gasteiger partial charge in [0.05, 0.1) is 0 Å². The van der Waals surface area contributed by atoms with Gasteiger partial charge >= 0.3 is 0 Å². The van der Waals surface area contributed by atoms with Crippen LogP contribution in [0.3, 0.4) is 0 Å². The van der Waals surface area contributed by atoms with Crippen molar-refractivity contribution in [1.82, 2.24) is 9.62 Å². The van der Waals surface area contributed by atoms with Gasteiger partial charge in [0, 0.05) is 17.6 Å². The van der Waals surface area contributed by atoms with Gasteiger partial charge < -0.3 is 4.90 Å². The van der Waals surface area contributed by atoms with Crippen molar-refractivity contribution in [1.29, 1.82) is 0 Å². The van der Waals surface area contributed by atoms with Gasteiger partial charge in [-0.05, 0) is 32.3 Å². The average molecular weight is 325 g/mol. The molecule has 1 rings (SSSR count). The van der Waals surface area contributed by atoms with Gasteiger partial charge in [0.1, 0.15) is 10.7 Å². The Morgan fingerprint density at radius 2 is 2.06 bits per heavy atom. The van der Waals surface area contributed by atoms with Gasteiger partial charge in [0.2, 0.25) is 10.0 Å². The molecule has 0 fully saturated rings. The van der Waals surface area contributed by atoms with Crippen LogP contribution in [0.4, 0.5) is 4.39 Å². The Morgan fingerprint density at radius 3 is 2.65 bits per heavy atom. The fraction of sp³-hybridized carbons (Fsp3) is 0.400. The Kier molecular flexibility index (Phi) is 5.05. The summed E-state index contributed by atoms with van der Waals surface area (Å²) in [5.41, 5.74) is 0. The van der Waals surface area contributed by atoms with E-state index in [0.717, 1.165) is 6.07 Å². The molecule has 4 nitrogen and oxygen atoms in total. The molecule has 0 radical (unpaired) electrons. The van der Waals surface area contributed by atoms with Gasteiger partial charge in [0.15, 0.2) is 0 Å². The van der Waals surface area contributed by atoms with Gasteiger partial charge in [-0.15, -0.1) is 0 Å². The van der Waals surface area contributed by atoms with E-state index in [4.69, 9.17) is 0 Å². The summed E-state index contributed by atoms with van der Waals surface area (Å²) in [4.78, 5) is 1.49. The third kappa shape index (κ3) is 4.34. The summed E-state index contributed by atoms with van der Waals surface area (Å²) in [6, 6.07) is 3.81. The van der Waals surface area contributed by atoms with Crippen molar-refractivity contribution in [2.75, 3.05) is 27.2 Å². The van der Waals surface area contributed by atoms with E-state index >= 15 is 0 Å². The monoisotopic (exact) mass is 324 g/mol. The molecule has 0 saturated heterocycles. The largest absolute Gasteiger partial charge is 0.308 e. The van der Waals surface area contributed by atoms with Crippen LogP contribution in [0.15, 0.2) is 27.6 Å². The predicted octanol–water partition coefficient (Wildman–Crippen LogP) is 1.43. The quantitative estimate of drug-likeness (QED) is 0.891. The normalized spacial score (nSPS) is 12.1. The first-order chi connectivity index (χ1) is 7.83. The topological polar surface area (TPSA) is 49.4 Å². The molecule has 0 heterocycles. The fourth-order valence-electron chi connectivity index (χ4n) is 1.16. The van der Waals surface area contributed by atoms with E-state index in [1.807, 2.05) is 19.0 Å². The van der Waals surface area contributed by atoms with E-state index < -0.39 is 15.8 Å². The lowest BCUT2D eigenvalue weighted by Gasteiger charge is -2.11. The molecule has 0 aromatic heterocycles. The van der Waals surface area contributed by atoms with Crippen LogP contribution in [0.1, 0.15) is 0 Å². The van der Waals surface area contributed by atoms with Crippen LogP contribution in [0.25, 0.3) is 0 Å². The van der Waals surface area contributed by atoms with Crippen LogP contribution < -0.4 is 4.72 Å². The zero-order valence-electron chi connectivity index (χ0n) is 9.57. The molecule has 1 aromatic rings. The SMILES string of the molecule is CN(C)CCNS(=O)(=O)c1cc(Br)ccc1F. The van der Waals surface area contributed by atoms with E-state index in [2.05, 4.69) is 20.7 Å². The van der Waals surface area contributed by atoms with E-state index in [1.54, 1.807) is 0 Å². The number of likely N-dealkylation sites (N-methyl/N-ethyl adjacent to an activating group) is 1. The minimum Gasteiger partial charge on any atom is -0.308 e. The number of hydrogen-bond acceptors (Lipinski definition) is 3. The predicted molar refractivity (Wildman–Crippen MR) is 67.8 cm³/mol. The first-order valence-electron chi connectivity index (χ1n) is 4.92. The van der Waals surface area contributed by atoms with Crippen molar-refractivity contribution in [3.05, 3.63) is 28.5 Å². The number of benzene rings is 1. The molecule has 0 aliphatic heterocycles. The second kappa shape index (κ2) is 5.90. The maximum Gasteiger partial charge on any atom is 0.243 e. The number of rotatable bonds is 5. The van der Waals surface area contributed by atoms with E-state index in [9.17, 15) is 12.8 Å². The van der Waals surface area contributed by atoms with Crippen molar-refractivity contribution in [3.63, 3.8) is 0 Å². The minimum absolute atomic E-state index is 0.237. The molecule has 0 atom stereocenters. The van der Waals surface area contributed by atoms with Crippen LogP contribution >= 0.6 is 15.9 Å². The molecule has 1 N–H and O–H groups in total. The van der Waals surface area contributed by atoms with Gasteiger partial charge in [0.25, 0.3) is 0 Å². The molecule has 1 aromatic carbocycles. The van der Waals surface area contributed by atoms with E-state index in [0.29, 0.717) is 11.0 Å². The van der Waals surface area contributed by atoms with E-state index in [-0.39, 0.29) is 11.4 Å². The molecular weight excluding hydrogens is 311 g/mol. The van der Waals surface area contributed by atoms with Crippen molar-refractivity contribution in [3.8, 4) is 0 Å². The average Bonchev–Trinajstić information content (AvgIpc) is 2.20. The van der Waals surface area contributed by atoms with Gasteiger partial charge in [-0.25, -0.2) is 17.5 Å². The summed E-state index contributed by atoms with van der Waals surface area (Å²) >= 11 is 3.11. The van der Waals surface area contributed by atoms with Gasteiger partial charge in [-0.3, -0.25) is 0 Å². The first kappa shape index (κ1) is 14.6. The van der Waals surface area contributed by atoms with Crippen LogP contribution in [0, 0.1) is 5.82 Å². The lowest BCUT2D eigenvalue weighted by atomic mass is 10.3. The number of halogens is 2. The standard InChI is InChI=1S/C10H14BrFN2O2S/c1-14(2)6-5-13-17(15,16)10-7-8(11)3-4-9(10)12/h3-4,7,13H,5-6H2,1-2H3. The Balaban J connectivity index is 2.86. The molecule has 17 heavy (non-hydrogen) atoms. The highest BCUT2D eigenvalue weighted by Gasteiger charge is 2.18. The molecule has 0 amide bonds. The third-order valence-corrected chi connectivity index (χ3v) is 4.00. The second-order valence-corrected chi connectivity index (χ2v) is 6.43. The maximum absolute atomic E-state index is 13.4. The molecule has 0 spiro atoms. The highest BCUT2D eigenvalue weighted by Crippen LogP contribution is 2.19. The zero-order chi connectivity index (χ0) is 13.1. The second-order valence-electron chi connectivity index (χ2n) is 3.78. The Morgan fingerprint density at radius 1 is 1.41 bits per heavy atom. The van der Waals surface area contributed by atoms with Crippen molar-refractivity contribution >= 4 is 26.0 Å².